The Morgan fingerprint density at radius 3 is 2.94 bits per heavy atom. The maximum atomic E-state index is 13.5. The van der Waals surface area contributed by atoms with Gasteiger partial charge in [0.1, 0.15) is 5.82 Å². The molecule has 1 unspecified atom stereocenters. The van der Waals surface area contributed by atoms with E-state index in [4.69, 9.17) is 16.3 Å². The zero-order chi connectivity index (χ0) is 12.0. The quantitative estimate of drug-likeness (QED) is 0.783. The zero-order valence-electron chi connectivity index (χ0n) is 9.25. The lowest BCUT2D eigenvalue weighted by molar-refractivity contribution is 0.134. The summed E-state index contributed by atoms with van der Waals surface area (Å²) in [6, 6.07) is 4.82. The standard InChI is InChI=1S/C12H16ClFO2/c1-16-7-3-5-10(15)8-9-4-2-6-11(13)12(9)14/h2,4,6,10,15H,3,5,7-8H2,1H3. The predicted molar refractivity (Wildman–Crippen MR) is 62.2 cm³/mol. The topological polar surface area (TPSA) is 29.5 Å². The Bertz CT molecular complexity index is 331. The van der Waals surface area contributed by atoms with Gasteiger partial charge in [0.25, 0.3) is 0 Å². The third kappa shape index (κ3) is 4.08. The summed E-state index contributed by atoms with van der Waals surface area (Å²) in [6.07, 6.45) is 1.10. The minimum absolute atomic E-state index is 0.0987. The summed E-state index contributed by atoms with van der Waals surface area (Å²) in [6.45, 7) is 0.606. The molecule has 1 N–H and O–H groups in total. The average molecular weight is 247 g/mol. The van der Waals surface area contributed by atoms with Crippen LogP contribution in [0.2, 0.25) is 5.02 Å². The van der Waals surface area contributed by atoms with Crippen molar-refractivity contribution < 1.29 is 14.2 Å². The van der Waals surface area contributed by atoms with Gasteiger partial charge in [-0.2, -0.15) is 0 Å². The molecule has 0 radical (unpaired) electrons. The van der Waals surface area contributed by atoms with Gasteiger partial charge in [0.15, 0.2) is 0 Å². The number of aliphatic hydroxyl groups is 1. The van der Waals surface area contributed by atoms with E-state index >= 15 is 0 Å². The highest BCUT2D eigenvalue weighted by molar-refractivity contribution is 6.30. The van der Waals surface area contributed by atoms with Crippen molar-refractivity contribution in [2.45, 2.75) is 25.4 Å². The van der Waals surface area contributed by atoms with Gasteiger partial charge in [-0.3, -0.25) is 0 Å². The molecule has 0 aliphatic rings. The highest BCUT2D eigenvalue weighted by Crippen LogP contribution is 2.19. The van der Waals surface area contributed by atoms with E-state index in [1.807, 2.05) is 0 Å². The van der Waals surface area contributed by atoms with Crippen LogP contribution in [0.15, 0.2) is 18.2 Å². The Morgan fingerprint density at radius 2 is 2.25 bits per heavy atom. The molecule has 0 saturated carbocycles. The van der Waals surface area contributed by atoms with Crippen molar-refractivity contribution in [3.63, 3.8) is 0 Å². The Balaban J connectivity index is 2.49. The first-order valence-corrected chi connectivity index (χ1v) is 5.63. The first-order chi connectivity index (χ1) is 7.65. The minimum Gasteiger partial charge on any atom is -0.393 e. The van der Waals surface area contributed by atoms with Crippen molar-refractivity contribution in [3.05, 3.63) is 34.6 Å². The molecule has 0 amide bonds. The zero-order valence-corrected chi connectivity index (χ0v) is 10.0. The lowest BCUT2D eigenvalue weighted by Gasteiger charge is -2.11. The van der Waals surface area contributed by atoms with Crippen LogP contribution in [0.1, 0.15) is 18.4 Å². The number of halogens is 2. The number of benzene rings is 1. The molecular formula is C12H16ClFO2. The average Bonchev–Trinajstić information content (AvgIpc) is 2.25. The molecule has 0 bridgehead atoms. The number of hydrogen-bond acceptors (Lipinski definition) is 2. The van der Waals surface area contributed by atoms with Crippen molar-refractivity contribution in [3.8, 4) is 0 Å². The van der Waals surface area contributed by atoms with E-state index in [0.717, 1.165) is 6.42 Å². The van der Waals surface area contributed by atoms with E-state index in [1.165, 1.54) is 6.07 Å². The molecule has 90 valence electrons. The van der Waals surface area contributed by atoms with Crippen molar-refractivity contribution in [2.75, 3.05) is 13.7 Å². The molecule has 1 rings (SSSR count). The molecule has 0 aliphatic carbocycles. The normalized spacial score (nSPS) is 12.8. The second kappa shape index (κ2) is 6.84. The summed E-state index contributed by atoms with van der Waals surface area (Å²) >= 11 is 5.65. The molecule has 0 heterocycles. The molecule has 0 aliphatic heterocycles. The summed E-state index contributed by atoms with van der Waals surface area (Å²) < 4.78 is 18.4. The van der Waals surface area contributed by atoms with Crippen LogP contribution in [0.3, 0.4) is 0 Å². The third-order valence-electron chi connectivity index (χ3n) is 2.37. The van der Waals surface area contributed by atoms with Gasteiger partial charge in [0.2, 0.25) is 0 Å². The number of methoxy groups -OCH3 is 1. The molecule has 1 aromatic carbocycles. The lowest BCUT2D eigenvalue weighted by Crippen LogP contribution is -2.12. The van der Waals surface area contributed by atoms with Gasteiger partial charge < -0.3 is 9.84 Å². The fourth-order valence-electron chi connectivity index (χ4n) is 1.53. The molecule has 1 atom stereocenters. The van der Waals surface area contributed by atoms with Crippen LogP contribution in [0.4, 0.5) is 4.39 Å². The van der Waals surface area contributed by atoms with Gasteiger partial charge in [-0.1, -0.05) is 23.7 Å². The molecule has 0 saturated heterocycles. The number of ether oxygens (including phenoxy) is 1. The van der Waals surface area contributed by atoms with Gasteiger partial charge in [0, 0.05) is 20.1 Å². The predicted octanol–water partition coefficient (Wildman–Crippen LogP) is 2.81. The molecule has 0 spiro atoms. The second-order valence-electron chi connectivity index (χ2n) is 3.71. The monoisotopic (exact) mass is 246 g/mol. The van der Waals surface area contributed by atoms with E-state index in [9.17, 15) is 9.50 Å². The van der Waals surface area contributed by atoms with Crippen LogP contribution < -0.4 is 0 Å². The Hall–Kier alpha value is -0.640. The van der Waals surface area contributed by atoms with Crippen LogP contribution in [0, 0.1) is 5.82 Å². The number of hydrogen-bond donors (Lipinski definition) is 1. The second-order valence-corrected chi connectivity index (χ2v) is 4.11. The summed E-state index contributed by atoms with van der Waals surface area (Å²) in [4.78, 5) is 0. The first-order valence-electron chi connectivity index (χ1n) is 5.25. The summed E-state index contributed by atoms with van der Waals surface area (Å²) in [7, 11) is 1.61. The first kappa shape index (κ1) is 13.4. The van der Waals surface area contributed by atoms with Crippen molar-refractivity contribution in [1.82, 2.24) is 0 Å². The third-order valence-corrected chi connectivity index (χ3v) is 2.66. The summed E-state index contributed by atoms with van der Waals surface area (Å²) in [5, 5.41) is 9.78. The fourth-order valence-corrected chi connectivity index (χ4v) is 1.72. The van der Waals surface area contributed by atoms with Gasteiger partial charge in [-0.05, 0) is 24.5 Å². The van der Waals surface area contributed by atoms with Crippen molar-refractivity contribution in [2.24, 2.45) is 0 Å². The van der Waals surface area contributed by atoms with E-state index in [2.05, 4.69) is 0 Å². The van der Waals surface area contributed by atoms with Crippen molar-refractivity contribution in [1.29, 1.82) is 0 Å². The summed E-state index contributed by atoms with van der Waals surface area (Å²) in [5.41, 5.74) is 0.456. The summed E-state index contributed by atoms with van der Waals surface area (Å²) in [5.74, 6) is -0.435. The molecule has 1 aromatic rings. The maximum absolute atomic E-state index is 13.5. The van der Waals surface area contributed by atoms with E-state index < -0.39 is 11.9 Å². The highest BCUT2D eigenvalue weighted by atomic mass is 35.5. The van der Waals surface area contributed by atoms with Gasteiger partial charge in [-0.25, -0.2) is 4.39 Å². The molecule has 4 heteroatoms. The SMILES string of the molecule is COCCCC(O)Cc1cccc(Cl)c1F. The smallest absolute Gasteiger partial charge is 0.145 e. The lowest BCUT2D eigenvalue weighted by atomic mass is 10.0. The largest absolute Gasteiger partial charge is 0.393 e. The van der Waals surface area contributed by atoms with Crippen LogP contribution in [-0.4, -0.2) is 24.9 Å². The Labute approximate surface area is 100.0 Å². The van der Waals surface area contributed by atoms with Crippen LogP contribution >= 0.6 is 11.6 Å². The van der Waals surface area contributed by atoms with Crippen molar-refractivity contribution >= 4 is 11.6 Å². The van der Waals surface area contributed by atoms with Crippen LogP contribution in [-0.2, 0) is 11.2 Å². The van der Waals surface area contributed by atoms with E-state index in [-0.39, 0.29) is 11.4 Å². The van der Waals surface area contributed by atoms with Gasteiger partial charge >= 0.3 is 0 Å². The van der Waals surface area contributed by atoms with E-state index in [1.54, 1.807) is 19.2 Å². The minimum atomic E-state index is -0.553. The van der Waals surface area contributed by atoms with Gasteiger partial charge in [-0.15, -0.1) is 0 Å². The number of rotatable bonds is 6. The number of aliphatic hydroxyl groups excluding tert-OH is 1. The fraction of sp³-hybridized carbons (Fsp3) is 0.500. The van der Waals surface area contributed by atoms with Crippen LogP contribution in [0.25, 0.3) is 0 Å². The Morgan fingerprint density at radius 1 is 1.50 bits per heavy atom. The Kier molecular flexibility index (Phi) is 5.74. The maximum Gasteiger partial charge on any atom is 0.145 e. The molecule has 2 nitrogen and oxygen atoms in total. The molecule has 16 heavy (non-hydrogen) atoms. The van der Waals surface area contributed by atoms with E-state index in [0.29, 0.717) is 18.6 Å². The van der Waals surface area contributed by atoms with Gasteiger partial charge in [0.05, 0.1) is 11.1 Å². The molecule has 0 aromatic heterocycles. The molecule has 0 fully saturated rings. The highest BCUT2D eigenvalue weighted by Gasteiger charge is 2.11. The van der Waals surface area contributed by atoms with Crippen LogP contribution in [0.5, 0.6) is 0 Å². The molecular weight excluding hydrogens is 231 g/mol.